The molecule has 75 heavy (non-hydrogen) atoms. The summed E-state index contributed by atoms with van der Waals surface area (Å²) >= 11 is 1.55. The fraction of sp³-hybridized carbons (Fsp3) is 0.300. The number of carbonyl (C=O) groups is 2. The van der Waals surface area contributed by atoms with Gasteiger partial charge in [0, 0.05) is 42.2 Å². The summed E-state index contributed by atoms with van der Waals surface area (Å²) in [6, 6.07) is 29.0. The second-order valence-electron chi connectivity index (χ2n) is 17.9. The van der Waals surface area contributed by atoms with Crippen molar-refractivity contribution in [1.82, 2.24) is 29.1 Å². The van der Waals surface area contributed by atoms with E-state index in [4.69, 9.17) is 38.0 Å². The third kappa shape index (κ3) is 12.1. The Kier molecular flexibility index (Phi) is 15.5. The molecular weight excluding hydrogens is 1050 g/mol. The summed E-state index contributed by atoms with van der Waals surface area (Å²) in [5.74, 6) is -0.281. The Balaban J connectivity index is 0.935. The molecule has 3 saturated heterocycles. The molecular formula is C50H48FN7O13P2S2. The molecule has 0 radical (unpaired) electrons. The van der Waals surface area contributed by atoms with E-state index in [1.54, 1.807) is 84.9 Å². The number of rotatable bonds is 13. The van der Waals surface area contributed by atoms with Crippen LogP contribution in [0, 0.1) is 13.8 Å². The zero-order valence-corrected chi connectivity index (χ0v) is 43.5. The summed E-state index contributed by atoms with van der Waals surface area (Å²) in [5, 5.41) is 0. The summed E-state index contributed by atoms with van der Waals surface area (Å²) < 4.78 is 93.3. The number of benzene rings is 4. The zero-order valence-electron chi connectivity index (χ0n) is 40.0. The largest absolute Gasteiger partial charge is 0.423 e. The molecule has 3 fully saturated rings. The minimum Gasteiger partial charge on any atom is -0.423 e. The number of H-pyrrole nitrogens is 1. The van der Waals surface area contributed by atoms with E-state index in [1.807, 2.05) is 26.0 Å². The fourth-order valence-corrected chi connectivity index (χ4v) is 15.3. The third-order valence-corrected chi connectivity index (χ3v) is 19.8. The van der Waals surface area contributed by atoms with E-state index < -0.39 is 87.1 Å². The number of hydrogen-bond acceptors (Lipinski definition) is 19. The molecule has 3 aromatic heterocycles. The fourth-order valence-electron chi connectivity index (χ4n) is 8.47. The maximum absolute atomic E-state index is 17.3. The molecule has 6 heterocycles. The first-order chi connectivity index (χ1) is 36.1. The zero-order chi connectivity index (χ0) is 52.4. The molecule has 0 amide bonds. The van der Waals surface area contributed by atoms with Crippen LogP contribution in [0.1, 0.15) is 67.4 Å². The van der Waals surface area contributed by atoms with E-state index >= 15 is 13.5 Å². The number of alkyl halides is 1. The highest BCUT2D eigenvalue weighted by atomic mass is 32.7. The van der Waals surface area contributed by atoms with Crippen molar-refractivity contribution >= 4 is 65.1 Å². The van der Waals surface area contributed by atoms with Gasteiger partial charge in [-0.15, -0.1) is 0 Å². The molecule has 0 saturated carbocycles. The van der Waals surface area contributed by atoms with Crippen molar-refractivity contribution in [2.75, 3.05) is 18.9 Å². The highest BCUT2D eigenvalue weighted by molar-refractivity contribution is 8.55. The minimum atomic E-state index is -4.49. The molecule has 390 valence electrons. The number of hydrogen-bond donors (Lipinski definition) is 2. The van der Waals surface area contributed by atoms with E-state index in [2.05, 4.69) is 19.9 Å². The number of ether oxygens (including phenoxy) is 3. The highest BCUT2D eigenvalue weighted by Crippen LogP contribution is 2.67. The number of anilines is 1. The SMILES string of the molecule is Cc1ccc(C(=O)Cc2ccc(CSP3(=O)OC[C@H]4O[C@@H](n5cnc6c(N)ncnc65)[C@H](F)[C@@H]4OP(=O)(SCc4ccc(OC(=O)c5ccc(C)cc5)cc4)OC[C@@H]4C[C@@H](O3)[C@H](n3ccc(=O)[nH]c3=O)O4)cc2)cc1. The van der Waals surface area contributed by atoms with Crippen LogP contribution in [0.15, 0.2) is 132 Å². The highest BCUT2D eigenvalue weighted by Gasteiger charge is 2.53. The van der Waals surface area contributed by atoms with Crippen molar-refractivity contribution < 1.29 is 55.4 Å². The number of Topliss-reactive ketones (excluding diaryl/α,β-unsaturated/α-hetero) is 1. The Morgan fingerprint density at radius 3 is 2.05 bits per heavy atom. The van der Waals surface area contributed by atoms with Crippen LogP contribution in [0.4, 0.5) is 10.2 Å². The van der Waals surface area contributed by atoms with Gasteiger partial charge < -0.3 is 19.9 Å². The van der Waals surface area contributed by atoms with Gasteiger partial charge in [-0.1, -0.05) is 83.9 Å². The number of aryl methyl sites for hydroxylation is 2. The Labute approximate surface area is 435 Å². The van der Waals surface area contributed by atoms with Crippen LogP contribution >= 0.6 is 36.4 Å². The van der Waals surface area contributed by atoms with Gasteiger partial charge >= 0.3 is 25.3 Å². The Morgan fingerprint density at radius 2 is 1.37 bits per heavy atom. The smallest absolute Gasteiger partial charge is 0.389 e. The van der Waals surface area contributed by atoms with Gasteiger partial charge in [0.1, 0.15) is 35.9 Å². The van der Waals surface area contributed by atoms with E-state index in [1.165, 1.54) is 23.4 Å². The summed E-state index contributed by atoms with van der Waals surface area (Å²) in [6.45, 7) is -6.18. The number of fused-ring (bicyclic) bond motifs is 4. The number of nitrogens with zero attached hydrogens (tertiary/aromatic N) is 5. The second-order valence-corrected chi connectivity index (χ2v) is 26.0. The van der Waals surface area contributed by atoms with Crippen molar-refractivity contribution in [1.29, 1.82) is 0 Å². The lowest BCUT2D eigenvalue weighted by atomic mass is 10.0. The molecule has 7 aromatic rings. The number of nitrogen functional groups attached to an aromatic ring is 1. The third-order valence-electron chi connectivity index (χ3n) is 12.5. The van der Waals surface area contributed by atoms with Crippen LogP contribution in [-0.2, 0) is 54.6 Å². The van der Waals surface area contributed by atoms with Crippen molar-refractivity contribution in [3.8, 4) is 5.75 Å². The van der Waals surface area contributed by atoms with E-state index in [-0.39, 0.29) is 52.9 Å². The van der Waals surface area contributed by atoms with Gasteiger partial charge in [0.25, 0.3) is 5.56 Å². The Bertz CT molecular complexity index is 3440. The number of carbonyl (C=O) groups excluding carboxylic acids is 2. The number of nitrogens with one attached hydrogen (secondary N) is 1. The lowest BCUT2D eigenvalue weighted by molar-refractivity contribution is -0.0586. The number of aromatic amines is 1. The Hall–Kier alpha value is -6.10. The molecule has 2 unspecified atom stereocenters. The molecule has 3 aliphatic rings. The van der Waals surface area contributed by atoms with Gasteiger partial charge in [-0.2, -0.15) is 0 Å². The summed E-state index contributed by atoms with van der Waals surface area (Å²) in [6.07, 6.45) is -6.56. The van der Waals surface area contributed by atoms with Crippen LogP contribution in [-0.4, -0.2) is 84.6 Å². The number of halogens is 1. The van der Waals surface area contributed by atoms with Crippen molar-refractivity contribution in [3.63, 3.8) is 0 Å². The monoisotopic (exact) mass is 1100 g/mol. The number of imidazole rings is 1. The van der Waals surface area contributed by atoms with Crippen molar-refractivity contribution in [3.05, 3.63) is 182 Å². The lowest BCUT2D eigenvalue weighted by Crippen LogP contribution is -2.36. The molecule has 3 aliphatic heterocycles. The Morgan fingerprint density at radius 1 is 0.747 bits per heavy atom. The van der Waals surface area contributed by atoms with Gasteiger partial charge in [0.15, 0.2) is 35.9 Å². The van der Waals surface area contributed by atoms with Crippen LogP contribution in [0.3, 0.4) is 0 Å². The molecule has 25 heteroatoms. The van der Waals surface area contributed by atoms with E-state index in [9.17, 15) is 19.2 Å². The second kappa shape index (κ2) is 22.2. The molecule has 0 spiro atoms. The molecule has 9 atom stereocenters. The maximum atomic E-state index is 17.3. The summed E-state index contributed by atoms with van der Waals surface area (Å²) in [7, 11) is 0. The number of esters is 1. The lowest BCUT2D eigenvalue weighted by Gasteiger charge is -2.28. The quantitative estimate of drug-likeness (QED) is 0.0474. The first-order valence-electron chi connectivity index (χ1n) is 23.5. The predicted octanol–water partition coefficient (Wildman–Crippen LogP) is 8.64. The van der Waals surface area contributed by atoms with Crippen LogP contribution in [0.5, 0.6) is 5.75 Å². The van der Waals surface area contributed by atoms with E-state index in [0.717, 1.165) is 50.1 Å². The van der Waals surface area contributed by atoms with Crippen molar-refractivity contribution in [2.45, 2.75) is 81.2 Å². The van der Waals surface area contributed by atoms with Gasteiger partial charge in [0.05, 0.1) is 31.2 Å². The maximum Gasteiger partial charge on any atom is 0.389 e. The summed E-state index contributed by atoms with van der Waals surface area (Å²) in [5.41, 5.74) is 9.85. The normalized spacial score (nSPS) is 25.9. The molecule has 2 bridgehead atoms. The number of aromatic nitrogens is 6. The van der Waals surface area contributed by atoms with Crippen LogP contribution in [0.2, 0.25) is 0 Å². The molecule has 0 aliphatic carbocycles. The predicted molar refractivity (Wildman–Crippen MR) is 276 cm³/mol. The van der Waals surface area contributed by atoms with Gasteiger partial charge in [-0.05, 0) is 77.6 Å². The van der Waals surface area contributed by atoms with Crippen LogP contribution in [0.25, 0.3) is 11.2 Å². The molecule has 3 N–H and O–H groups in total. The average Bonchev–Trinajstić information content (AvgIpc) is 4.10. The topological polar surface area (TPSA) is 257 Å². The van der Waals surface area contributed by atoms with Crippen LogP contribution < -0.4 is 21.7 Å². The van der Waals surface area contributed by atoms with Gasteiger partial charge in [-0.3, -0.25) is 41.8 Å². The average molecular weight is 1100 g/mol. The van der Waals surface area contributed by atoms with E-state index in [0.29, 0.717) is 22.3 Å². The van der Waals surface area contributed by atoms with Crippen molar-refractivity contribution in [2.24, 2.45) is 0 Å². The first-order valence-corrected chi connectivity index (χ1v) is 29.7. The van der Waals surface area contributed by atoms with Gasteiger partial charge in [-0.25, -0.2) is 38.1 Å². The summed E-state index contributed by atoms with van der Waals surface area (Å²) in [4.78, 5) is 65.9. The molecule has 10 rings (SSSR count). The van der Waals surface area contributed by atoms with Gasteiger partial charge in [0.2, 0.25) is 0 Å². The first kappa shape index (κ1) is 52.3. The number of ketones is 1. The minimum absolute atomic E-state index is 0.0104. The molecule has 4 aromatic carbocycles. The molecule has 20 nitrogen and oxygen atoms in total. The number of nitrogens with two attached hydrogens (primary N) is 1. The standard InChI is InChI=1S/C50H48FN7O13P2S2/c1-29-3-13-34(14-4-29)38(59)21-31-7-9-32(10-8-31)25-74-72(63)66-24-40-44(42(51)48(69-40)58-28-55-43-45(52)53-27-54-46(43)58)71-73(64,65-23-37-22-39(70-72)47(67-37)57-20-19-41(60)56-50(57)62)75-26-33-11-17-36(18-12-33)68-49(61)35-15-5-30(2)6-16-35/h3-20,27-28,37,39-40,42,44,47-48H,21-26H2,1-2H3,(H2,52,53,54)(H,56,60,62)/t37-,39+,40+,42+,44+,47+,48+,72?,73?/m0/s1.